The van der Waals surface area contributed by atoms with Gasteiger partial charge in [0.15, 0.2) is 18.2 Å². The molecule has 9 heteroatoms. The van der Waals surface area contributed by atoms with E-state index in [9.17, 15) is 24.0 Å². The third-order valence-electron chi connectivity index (χ3n) is 3.94. The lowest BCUT2D eigenvalue weighted by Crippen LogP contribution is -2.28. The molecule has 2 amide bonds. The summed E-state index contributed by atoms with van der Waals surface area (Å²) in [4.78, 5) is 59.1. The summed E-state index contributed by atoms with van der Waals surface area (Å²) in [7, 11) is 0. The summed E-state index contributed by atoms with van der Waals surface area (Å²) in [5.74, 6) is -1.75. The van der Waals surface area contributed by atoms with Gasteiger partial charge < -0.3 is 15.4 Å². The second-order valence-electron chi connectivity index (χ2n) is 6.35. The number of hydrogen-bond acceptors (Lipinski definition) is 7. The van der Waals surface area contributed by atoms with Gasteiger partial charge in [-0.3, -0.25) is 24.0 Å². The molecule has 1 aromatic heterocycles. The number of rotatable bonds is 11. The monoisotopic (exact) mass is 430 g/mol. The predicted octanol–water partition coefficient (Wildman–Crippen LogP) is 2.60. The molecule has 0 fully saturated rings. The van der Waals surface area contributed by atoms with Gasteiger partial charge in [-0.2, -0.15) is 0 Å². The van der Waals surface area contributed by atoms with Gasteiger partial charge in [-0.25, -0.2) is 0 Å². The molecule has 30 heavy (non-hydrogen) atoms. The zero-order chi connectivity index (χ0) is 21.9. The summed E-state index contributed by atoms with van der Waals surface area (Å²) in [5, 5.41) is 6.87. The van der Waals surface area contributed by atoms with Gasteiger partial charge in [-0.15, -0.1) is 11.3 Å². The molecule has 2 N–H and O–H groups in total. The Morgan fingerprint density at radius 3 is 2.47 bits per heavy atom. The van der Waals surface area contributed by atoms with Crippen LogP contribution in [0.2, 0.25) is 0 Å². The number of Topliss-reactive ketones (excluding diaryl/α,β-unsaturated/α-hetero) is 2. The Balaban J connectivity index is 1.60. The molecular weight excluding hydrogens is 408 g/mol. The fourth-order valence-corrected chi connectivity index (χ4v) is 3.11. The Labute approximate surface area is 177 Å². The fraction of sp³-hybridized carbons (Fsp3) is 0.286. The number of anilines is 1. The van der Waals surface area contributed by atoms with Crippen molar-refractivity contribution in [2.24, 2.45) is 0 Å². The predicted molar refractivity (Wildman–Crippen MR) is 112 cm³/mol. The number of esters is 1. The van der Waals surface area contributed by atoms with Crippen molar-refractivity contribution in [1.82, 2.24) is 5.32 Å². The van der Waals surface area contributed by atoms with Crippen LogP contribution >= 0.6 is 11.3 Å². The molecule has 0 aliphatic heterocycles. The molecule has 2 rings (SSSR count). The minimum Gasteiger partial charge on any atom is -0.456 e. The van der Waals surface area contributed by atoms with Gasteiger partial charge in [0.1, 0.15) is 0 Å². The van der Waals surface area contributed by atoms with Crippen LogP contribution in [0.5, 0.6) is 0 Å². The third-order valence-corrected chi connectivity index (χ3v) is 4.85. The number of carbonyl (C=O) groups excluding carboxylic acids is 5. The topological polar surface area (TPSA) is 119 Å². The zero-order valence-corrected chi connectivity index (χ0v) is 17.3. The van der Waals surface area contributed by atoms with Crippen LogP contribution in [0.1, 0.15) is 46.2 Å². The average molecular weight is 430 g/mol. The van der Waals surface area contributed by atoms with Crippen LogP contribution in [0.4, 0.5) is 5.69 Å². The Hall–Kier alpha value is -3.33. The van der Waals surface area contributed by atoms with Crippen LogP contribution in [0.3, 0.4) is 0 Å². The molecule has 158 valence electrons. The molecule has 1 aromatic carbocycles. The number of nitrogens with one attached hydrogen (secondary N) is 2. The maximum absolute atomic E-state index is 11.9. The van der Waals surface area contributed by atoms with Gasteiger partial charge in [0.2, 0.25) is 5.91 Å². The number of amides is 2. The first-order valence-corrected chi connectivity index (χ1v) is 10.1. The van der Waals surface area contributed by atoms with Crippen molar-refractivity contribution >= 4 is 46.4 Å². The molecule has 0 unspecified atom stereocenters. The number of thiophene rings is 1. The lowest BCUT2D eigenvalue weighted by molar-refractivity contribution is -0.147. The summed E-state index contributed by atoms with van der Waals surface area (Å²) in [6.07, 6.45) is 0.0347. The minimum absolute atomic E-state index is 0.0352. The van der Waals surface area contributed by atoms with E-state index in [2.05, 4.69) is 10.6 Å². The first-order valence-electron chi connectivity index (χ1n) is 9.25. The molecule has 0 atom stereocenters. The maximum atomic E-state index is 11.9. The highest BCUT2D eigenvalue weighted by atomic mass is 32.1. The summed E-state index contributed by atoms with van der Waals surface area (Å²) in [6, 6.07) is 9.88. The second-order valence-corrected chi connectivity index (χ2v) is 7.29. The highest BCUT2D eigenvalue weighted by Crippen LogP contribution is 2.12. The van der Waals surface area contributed by atoms with Gasteiger partial charge in [0.25, 0.3) is 5.91 Å². The van der Waals surface area contributed by atoms with E-state index in [4.69, 9.17) is 4.74 Å². The van der Waals surface area contributed by atoms with Crippen LogP contribution < -0.4 is 10.6 Å². The number of ether oxygens (including phenoxy) is 1. The number of hydrogen-bond donors (Lipinski definition) is 2. The Morgan fingerprint density at radius 1 is 0.967 bits per heavy atom. The Morgan fingerprint density at radius 2 is 1.77 bits per heavy atom. The molecule has 1 heterocycles. The molecule has 0 aliphatic carbocycles. The smallest absolute Gasteiger partial charge is 0.308 e. The first kappa shape index (κ1) is 23.0. The highest BCUT2D eigenvalue weighted by Gasteiger charge is 2.12. The maximum Gasteiger partial charge on any atom is 0.308 e. The van der Waals surface area contributed by atoms with E-state index in [-0.39, 0.29) is 43.3 Å². The molecule has 0 aliphatic rings. The van der Waals surface area contributed by atoms with Crippen molar-refractivity contribution in [3.8, 4) is 0 Å². The van der Waals surface area contributed by atoms with Gasteiger partial charge in [-0.05, 0) is 30.5 Å². The normalized spacial score (nSPS) is 10.2. The number of carbonyl (C=O) groups is 5. The van der Waals surface area contributed by atoms with Gasteiger partial charge >= 0.3 is 5.97 Å². The Bertz CT molecular complexity index is 923. The first-order chi connectivity index (χ1) is 14.3. The third kappa shape index (κ3) is 7.96. The fourth-order valence-electron chi connectivity index (χ4n) is 2.41. The van der Waals surface area contributed by atoms with Gasteiger partial charge in [-0.1, -0.05) is 18.2 Å². The molecular formula is C21H22N2O6S. The van der Waals surface area contributed by atoms with Crippen LogP contribution in [0.25, 0.3) is 0 Å². The molecule has 0 radical (unpaired) electrons. The Kier molecular flexibility index (Phi) is 8.89. The lowest BCUT2D eigenvalue weighted by atomic mass is 10.1. The average Bonchev–Trinajstić information content (AvgIpc) is 3.25. The van der Waals surface area contributed by atoms with Crippen molar-refractivity contribution in [2.45, 2.75) is 26.2 Å². The molecule has 0 saturated heterocycles. The van der Waals surface area contributed by atoms with Crippen LogP contribution in [0, 0.1) is 0 Å². The van der Waals surface area contributed by atoms with Crippen molar-refractivity contribution in [1.29, 1.82) is 0 Å². The van der Waals surface area contributed by atoms with Crippen LogP contribution in [0.15, 0.2) is 41.8 Å². The second kappa shape index (κ2) is 11.6. The number of ketones is 2. The quantitative estimate of drug-likeness (QED) is 0.418. The van der Waals surface area contributed by atoms with Gasteiger partial charge in [0.05, 0.1) is 11.3 Å². The van der Waals surface area contributed by atoms with E-state index < -0.39 is 18.5 Å². The van der Waals surface area contributed by atoms with Crippen LogP contribution in [-0.2, 0) is 19.1 Å². The highest BCUT2D eigenvalue weighted by molar-refractivity contribution is 7.12. The summed E-state index contributed by atoms with van der Waals surface area (Å²) >= 11 is 1.32. The van der Waals surface area contributed by atoms with E-state index >= 15 is 0 Å². The standard InChI is InChI=1S/C21H22N2O6S/c1-14(24)15-4-2-5-16(12-15)23-20(27)13-29-21(28)9-10-22-19(26)8-7-17(25)18-6-3-11-30-18/h2-6,11-12H,7-10,13H2,1H3,(H,22,26)(H,23,27). The number of benzene rings is 1. The van der Waals surface area contributed by atoms with E-state index in [1.807, 2.05) is 0 Å². The molecule has 0 spiro atoms. The van der Waals surface area contributed by atoms with E-state index in [0.29, 0.717) is 16.1 Å². The van der Waals surface area contributed by atoms with E-state index in [1.54, 1.807) is 35.7 Å². The van der Waals surface area contributed by atoms with Crippen molar-refractivity contribution in [3.63, 3.8) is 0 Å². The van der Waals surface area contributed by atoms with Crippen molar-refractivity contribution < 1.29 is 28.7 Å². The van der Waals surface area contributed by atoms with Crippen molar-refractivity contribution in [3.05, 3.63) is 52.2 Å². The van der Waals surface area contributed by atoms with Crippen LogP contribution in [-0.4, -0.2) is 42.5 Å². The summed E-state index contributed by atoms with van der Waals surface area (Å²) < 4.78 is 4.86. The van der Waals surface area contributed by atoms with Gasteiger partial charge in [0, 0.05) is 30.6 Å². The molecule has 2 aromatic rings. The largest absolute Gasteiger partial charge is 0.456 e. The van der Waals surface area contributed by atoms with E-state index in [1.165, 1.54) is 24.3 Å². The molecule has 8 nitrogen and oxygen atoms in total. The minimum atomic E-state index is -0.641. The molecule has 0 bridgehead atoms. The van der Waals surface area contributed by atoms with Crippen molar-refractivity contribution in [2.75, 3.05) is 18.5 Å². The molecule has 0 saturated carbocycles. The lowest BCUT2D eigenvalue weighted by Gasteiger charge is -2.08. The zero-order valence-electron chi connectivity index (χ0n) is 16.4. The SMILES string of the molecule is CC(=O)c1cccc(NC(=O)COC(=O)CCNC(=O)CCC(=O)c2cccs2)c1. The van der Waals surface area contributed by atoms with E-state index in [0.717, 1.165) is 0 Å². The summed E-state index contributed by atoms with van der Waals surface area (Å²) in [5.41, 5.74) is 0.880. The summed E-state index contributed by atoms with van der Waals surface area (Å²) in [6.45, 7) is 0.989.